The molecule has 0 atom stereocenters. The zero-order valence-corrected chi connectivity index (χ0v) is 10.9. The van der Waals surface area contributed by atoms with Gasteiger partial charge in [-0.3, -0.25) is 4.90 Å². The summed E-state index contributed by atoms with van der Waals surface area (Å²) in [5, 5.41) is 3.23. The van der Waals surface area contributed by atoms with Crippen molar-refractivity contribution in [2.24, 2.45) is 0 Å². The molecule has 1 aliphatic rings. The van der Waals surface area contributed by atoms with E-state index in [0.717, 1.165) is 32.2 Å². The van der Waals surface area contributed by atoms with Crippen LogP contribution < -0.4 is 5.32 Å². The van der Waals surface area contributed by atoms with Crippen molar-refractivity contribution in [1.82, 2.24) is 10.2 Å². The summed E-state index contributed by atoms with van der Waals surface area (Å²) >= 11 is 0. The van der Waals surface area contributed by atoms with E-state index in [4.69, 9.17) is 0 Å². The van der Waals surface area contributed by atoms with E-state index >= 15 is 0 Å². The summed E-state index contributed by atoms with van der Waals surface area (Å²) in [6.45, 7) is 4.26. The summed E-state index contributed by atoms with van der Waals surface area (Å²) in [6, 6.07) is 3.77. The van der Waals surface area contributed by atoms with Crippen molar-refractivity contribution in [3.05, 3.63) is 35.4 Å². The number of benzene rings is 1. The summed E-state index contributed by atoms with van der Waals surface area (Å²) in [7, 11) is 0. The first kappa shape index (κ1) is 16.6. The molecule has 0 aromatic heterocycles. The van der Waals surface area contributed by atoms with Gasteiger partial charge in [-0.15, -0.1) is 24.8 Å². The van der Waals surface area contributed by atoms with Crippen molar-refractivity contribution in [1.29, 1.82) is 0 Å². The monoisotopic (exact) mass is 284 g/mol. The van der Waals surface area contributed by atoms with Gasteiger partial charge in [0.2, 0.25) is 0 Å². The molecule has 1 aromatic rings. The molecular weight excluding hydrogens is 269 g/mol. The lowest BCUT2D eigenvalue weighted by atomic mass is 10.2. The molecule has 1 heterocycles. The number of nitrogens with zero attached hydrogens (tertiary/aromatic N) is 1. The van der Waals surface area contributed by atoms with E-state index in [1.165, 1.54) is 12.1 Å². The second-order valence-corrected chi connectivity index (χ2v) is 3.76. The van der Waals surface area contributed by atoms with E-state index < -0.39 is 11.6 Å². The first-order valence-electron chi connectivity index (χ1n) is 5.13. The molecule has 2 rings (SSSR count). The van der Waals surface area contributed by atoms with Crippen LogP contribution in [-0.4, -0.2) is 31.1 Å². The van der Waals surface area contributed by atoms with Crippen LogP contribution in [0.3, 0.4) is 0 Å². The minimum Gasteiger partial charge on any atom is -0.314 e. The number of piperazine rings is 1. The molecule has 1 aromatic carbocycles. The van der Waals surface area contributed by atoms with Gasteiger partial charge in [-0.25, -0.2) is 8.78 Å². The van der Waals surface area contributed by atoms with Gasteiger partial charge in [0.15, 0.2) is 0 Å². The van der Waals surface area contributed by atoms with Crippen LogP contribution in [0.4, 0.5) is 8.78 Å². The summed E-state index contributed by atoms with van der Waals surface area (Å²) in [5.41, 5.74) is 0.568. The second-order valence-electron chi connectivity index (χ2n) is 3.76. The van der Waals surface area contributed by atoms with Crippen LogP contribution in [-0.2, 0) is 6.54 Å². The molecule has 0 spiro atoms. The van der Waals surface area contributed by atoms with E-state index in [9.17, 15) is 8.78 Å². The molecule has 6 heteroatoms. The Bertz CT molecular complexity index is 344. The van der Waals surface area contributed by atoms with Crippen LogP contribution in [0.25, 0.3) is 0 Å². The molecule has 0 bridgehead atoms. The summed E-state index contributed by atoms with van der Waals surface area (Å²) in [5.74, 6) is -0.968. The van der Waals surface area contributed by atoms with E-state index in [1.807, 2.05) is 0 Å². The normalized spacial score (nSPS) is 15.9. The molecule has 1 aliphatic heterocycles. The van der Waals surface area contributed by atoms with Gasteiger partial charge in [-0.2, -0.15) is 0 Å². The number of halogens is 4. The van der Waals surface area contributed by atoms with Crippen molar-refractivity contribution < 1.29 is 8.78 Å². The van der Waals surface area contributed by atoms with E-state index in [-0.39, 0.29) is 24.8 Å². The summed E-state index contributed by atoms with van der Waals surface area (Å²) < 4.78 is 26.0. The van der Waals surface area contributed by atoms with E-state index in [2.05, 4.69) is 10.2 Å². The average Bonchev–Trinajstić information content (AvgIpc) is 2.24. The Morgan fingerprint density at radius 2 is 1.76 bits per heavy atom. The Hall–Kier alpha value is -0.420. The number of hydrogen-bond acceptors (Lipinski definition) is 2. The number of hydrogen-bond donors (Lipinski definition) is 1. The molecule has 98 valence electrons. The lowest BCUT2D eigenvalue weighted by Crippen LogP contribution is -2.43. The van der Waals surface area contributed by atoms with Crippen molar-refractivity contribution >= 4 is 24.8 Å². The number of rotatable bonds is 2. The first-order valence-corrected chi connectivity index (χ1v) is 5.13. The summed E-state index contributed by atoms with van der Waals surface area (Å²) in [6.07, 6.45) is 0. The maximum Gasteiger partial charge on any atom is 0.130 e. The van der Waals surface area contributed by atoms with Crippen LogP contribution in [0.15, 0.2) is 18.2 Å². The third-order valence-corrected chi connectivity index (χ3v) is 2.62. The minimum absolute atomic E-state index is 0. The fraction of sp³-hybridized carbons (Fsp3) is 0.455. The van der Waals surface area contributed by atoms with Gasteiger partial charge in [0.05, 0.1) is 0 Å². The summed E-state index contributed by atoms with van der Waals surface area (Å²) in [4.78, 5) is 2.16. The molecular formula is C11H16Cl2F2N2. The molecule has 1 saturated heterocycles. The topological polar surface area (TPSA) is 15.3 Å². The second kappa shape index (κ2) is 7.82. The van der Waals surface area contributed by atoms with E-state index in [1.54, 1.807) is 0 Å². The Balaban J connectivity index is 0.00000128. The minimum atomic E-state index is -0.517. The molecule has 0 unspecified atom stereocenters. The molecule has 17 heavy (non-hydrogen) atoms. The highest BCUT2D eigenvalue weighted by Crippen LogP contribution is 2.12. The van der Waals surface area contributed by atoms with Crippen LogP contribution in [0.2, 0.25) is 0 Å². The Labute approximate surface area is 112 Å². The van der Waals surface area contributed by atoms with Gasteiger partial charge in [0, 0.05) is 44.4 Å². The maximum atomic E-state index is 13.3. The van der Waals surface area contributed by atoms with Gasteiger partial charge >= 0.3 is 0 Å². The molecule has 1 fully saturated rings. The first-order chi connectivity index (χ1) is 7.25. The van der Waals surface area contributed by atoms with E-state index in [0.29, 0.717) is 12.1 Å². The van der Waals surface area contributed by atoms with Crippen LogP contribution in [0.1, 0.15) is 5.56 Å². The zero-order chi connectivity index (χ0) is 10.7. The van der Waals surface area contributed by atoms with Crippen molar-refractivity contribution in [3.63, 3.8) is 0 Å². The lowest BCUT2D eigenvalue weighted by molar-refractivity contribution is 0.230. The van der Waals surface area contributed by atoms with Gasteiger partial charge in [0.25, 0.3) is 0 Å². The molecule has 0 aliphatic carbocycles. The fourth-order valence-electron chi connectivity index (χ4n) is 1.76. The van der Waals surface area contributed by atoms with Gasteiger partial charge in [-0.1, -0.05) is 6.07 Å². The largest absolute Gasteiger partial charge is 0.314 e. The van der Waals surface area contributed by atoms with Crippen molar-refractivity contribution in [3.8, 4) is 0 Å². The zero-order valence-electron chi connectivity index (χ0n) is 9.29. The quantitative estimate of drug-likeness (QED) is 0.896. The highest BCUT2D eigenvalue weighted by atomic mass is 35.5. The Kier molecular flexibility index (Phi) is 7.63. The van der Waals surface area contributed by atoms with Gasteiger partial charge < -0.3 is 5.32 Å². The smallest absolute Gasteiger partial charge is 0.130 e. The van der Waals surface area contributed by atoms with Gasteiger partial charge in [0.1, 0.15) is 11.6 Å². The molecule has 1 N–H and O–H groups in total. The SMILES string of the molecule is Cl.Cl.Fc1ccc(CN2CCNCC2)c(F)c1. The molecule has 0 saturated carbocycles. The number of nitrogens with one attached hydrogen (secondary N) is 1. The highest BCUT2D eigenvalue weighted by Gasteiger charge is 2.12. The molecule has 2 nitrogen and oxygen atoms in total. The van der Waals surface area contributed by atoms with Crippen LogP contribution in [0, 0.1) is 11.6 Å². The standard InChI is InChI=1S/C11H14F2N2.2ClH/c12-10-2-1-9(11(13)7-10)8-15-5-3-14-4-6-15;;/h1-2,7,14H,3-6,8H2;2*1H. The van der Waals surface area contributed by atoms with Gasteiger partial charge in [-0.05, 0) is 6.07 Å². The van der Waals surface area contributed by atoms with Crippen LogP contribution >= 0.6 is 24.8 Å². The predicted octanol–water partition coefficient (Wildman–Crippen LogP) is 2.21. The third-order valence-electron chi connectivity index (χ3n) is 2.62. The highest BCUT2D eigenvalue weighted by molar-refractivity contribution is 5.85. The van der Waals surface area contributed by atoms with Crippen LogP contribution in [0.5, 0.6) is 0 Å². The molecule has 0 amide bonds. The van der Waals surface area contributed by atoms with Crippen molar-refractivity contribution in [2.75, 3.05) is 26.2 Å². The third kappa shape index (κ3) is 4.76. The Morgan fingerprint density at radius 3 is 2.35 bits per heavy atom. The van der Waals surface area contributed by atoms with Crippen molar-refractivity contribution in [2.45, 2.75) is 6.54 Å². The molecule has 0 radical (unpaired) electrons. The maximum absolute atomic E-state index is 13.3. The average molecular weight is 285 g/mol. The lowest BCUT2D eigenvalue weighted by Gasteiger charge is -2.27. The predicted molar refractivity (Wildman–Crippen MR) is 69.0 cm³/mol. The fourth-order valence-corrected chi connectivity index (χ4v) is 1.76. The Morgan fingerprint density at radius 1 is 1.12 bits per heavy atom.